The second-order valence-electron chi connectivity index (χ2n) is 12.7. The van der Waals surface area contributed by atoms with Gasteiger partial charge in [0.1, 0.15) is 18.2 Å². The maximum absolute atomic E-state index is 14.8. The number of rotatable bonds is 6. The van der Waals surface area contributed by atoms with Crippen LogP contribution in [-0.2, 0) is 35.1 Å². The summed E-state index contributed by atoms with van der Waals surface area (Å²) in [5.41, 5.74) is 0.204. The third kappa shape index (κ3) is 5.76. The summed E-state index contributed by atoms with van der Waals surface area (Å²) in [4.78, 5) is 59.4. The molecule has 0 radical (unpaired) electrons. The molecule has 6 rings (SSSR count). The van der Waals surface area contributed by atoms with Crippen LogP contribution < -0.4 is 5.32 Å². The van der Waals surface area contributed by atoms with Crippen molar-refractivity contribution in [3.63, 3.8) is 0 Å². The first kappa shape index (κ1) is 31.7. The lowest BCUT2D eigenvalue weighted by Crippen LogP contribution is -2.59. The smallest absolute Gasteiger partial charge is 0.306 e. The highest BCUT2D eigenvalue weighted by Crippen LogP contribution is 2.53. The number of ether oxygens (including phenoxy) is 2. The van der Waals surface area contributed by atoms with Gasteiger partial charge >= 0.3 is 5.97 Å². The molecule has 46 heavy (non-hydrogen) atoms. The average molecular weight is 628 g/mol. The van der Waals surface area contributed by atoms with Crippen molar-refractivity contribution < 1.29 is 33.8 Å². The summed E-state index contributed by atoms with van der Waals surface area (Å²) in [5, 5.41) is 13.8. The molecule has 1 spiro atoms. The third-order valence-corrected chi connectivity index (χ3v) is 9.58. The van der Waals surface area contributed by atoms with Crippen molar-refractivity contribution in [3.8, 4) is 0 Å². The number of hydrogen-bond acceptors (Lipinski definition) is 7. The standard InChI is InChI=1S/C36H41N3O7/c1-23(2)38-19-11-18-36-31(34(43)39(32(36)35(38)44)26(21-40)20-24-12-5-3-6-13-24)30-28(46-36)16-9-10-17-29(41)45-22-27(37-33(30)42)25-14-7-4-8-15-25/h3-9,11-16,18,23,26-28,30-32,40H,10,17,19-22H2,1-2H3,(H,37,42)/b16-9-/t26-,27+,28-,30+,31+,32-,36+/m1/s1. The van der Waals surface area contributed by atoms with Crippen LogP contribution in [0.3, 0.4) is 0 Å². The first-order chi connectivity index (χ1) is 22.2. The number of esters is 1. The number of nitrogens with zero attached hydrogens (tertiary/aromatic N) is 2. The van der Waals surface area contributed by atoms with Gasteiger partial charge in [0.05, 0.1) is 36.6 Å². The molecule has 2 N–H and O–H groups in total. The van der Waals surface area contributed by atoms with Crippen LogP contribution in [0.15, 0.2) is 85.0 Å². The molecule has 2 saturated heterocycles. The Bertz CT molecular complexity index is 1510. The number of allylic oxidation sites excluding steroid dienone is 1. The number of aliphatic hydroxyl groups excluding tert-OH is 1. The molecule has 7 atom stereocenters. The number of cyclic esters (lactones) is 1. The number of benzene rings is 2. The van der Waals surface area contributed by atoms with Crippen molar-refractivity contribution in [3.05, 3.63) is 96.1 Å². The lowest BCUT2D eigenvalue weighted by atomic mass is 9.77. The number of carbonyl (C=O) groups excluding carboxylic acids is 4. The fourth-order valence-electron chi connectivity index (χ4n) is 7.39. The van der Waals surface area contributed by atoms with Crippen LogP contribution in [0, 0.1) is 11.8 Å². The number of hydrogen-bond donors (Lipinski definition) is 2. The van der Waals surface area contributed by atoms with Crippen LogP contribution in [0.25, 0.3) is 0 Å². The zero-order valence-electron chi connectivity index (χ0n) is 26.2. The van der Waals surface area contributed by atoms with Gasteiger partial charge in [0.25, 0.3) is 0 Å². The Kier molecular flexibility index (Phi) is 9.11. The number of aliphatic hydroxyl groups is 1. The van der Waals surface area contributed by atoms with E-state index >= 15 is 0 Å². The summed E-state index contributed by atoms with van der Waals surface area (Å²) >= 11 is 0. The predicted molar refractivity (Wildman–Crippen MR) is 169 cm³/mol. The van der Waals surface area contributed by atoms with Gasteiger partial charge in [-0.05, 0) is 37.8 Å². The molecule has 2 aromatic rings. The van der Waals surface area contributed by atoms with Gasteiger partial charge in [-0.3, -0.25) is 19.2 Å². The van der Waals surface area contributed by atoms with Gasteiger partial charge in [-0.25, -0.2) is 0 Å². The summed E-state index contributed by atoms with van der Waals surface area (Å²) in [6.07, 6.45) is 7.14. The molecule has 10 heteroatoms. The van der Waals surface area contributed by atoms with Crippen LogP contribution >= 0.6 is 0 Å². The molecule has 0 aliphatic carbocycles. The van der Waals surface area contributed by atoms with Gasteiger partial charge in [-0.15, -0.1) is 0 Å². The number of nitrogens with one attached hydrogen (secondary N) is 1. The van der Waals surface area contributed by atoms with Gasteiger partial charge < -0.3 is 29.7 Å². The highest BCUT2D eigenvalue weighted by atomic mass is 16.5. The fraction of sp³-hybridized carbons (Fsp3) is 0.444. The Morgan fingerprint density at radius 1 is 0.978 bits per heavy atom. The van der Waals surface area contributed by atoms with Gasteiger partial charge in [0.2, 0.25) is 17.7 Å². The minimum absolute atomic E-state index is 0.0690. The number of likely N-dealkylation sites (tertiary alicyclic amines) is 1. The second-order valence-corrected chi connectivity index (χ2v) is 12.7. The van der Waals surface area contributed by atoms with Crippen molar-refractivity contribution >= 4 is 23.7 Å². The van der Waals surface area contributed by atoms with Crippen LogP contribution in [0.1, 0.15) is 43.9 Å². The quantitative estimate of drug-likeness (QED) is 0.373. The van der Waals surface area contributed by atoms with Gasteiger partial charge in [0, 0.05) is 19.0 Å². The maximum Gasteiger partial charge on any atom is 0.306 e. The lowest BCUT2D eigenvalue weighted by molar-refractivity contribution is -0.151. The molecule has 3 amide bonds. The SMILES string of the molecule is CC(C)N1CC=C[C@]23O[C@@H]4/C=C\CCC(=O)OC[C@@H](c5ccccc5)NC(=O)[C@@H]4[C@H]2C(=O)N([C@@H](CO)Cc2ccccc2)[C@@H]3C1=O. The second kappa shape index (κ2) is 13.2. The van der Waals surface area contributed by atoms with E-state index in [1.807, 2.05) is 80.6 Å². The van der Waals surface area contributed by atoms with Gasteiger partial charge in [-0.2, -0.15) is 0 Å². The van der Waals surface area contributed by atoms with E-state index in [4.69, 9.17) is 9.47 Å². The summed E-state index contributed by atoms with van der Waals surface area (Å²) in [5.74, 6) is -3.54. The van der Waals surface area contributed by atoms with Crippen molar-refractivity contribution in [1.29, 1.82) is 0 Å². The zero-order chi connectivity index (χ0) is 32.4. The van der Waals surface area contributed by atoms with E-state index in [2.05, 4.69) is 5.32 Å². The van der Waals surface area contributed by atoms with Crippen LogP contribution in [0.4, 0.5) is 0 Å². The Morgan fingerprint density at radius 2 is 1.70 bits per heavy atom. The Labute approximate surface area is 269 Å². The molecule has 0 unspecified atom stereocenters. The zero-order valence-corrected chi connectivity index (χ0v) is 26.2. The average Bonchev–Trinajstić information content (AvgIpc) is 3.44. The molecule has 2 fully saturated rings. The van der Waals surface area contributed by atoms with Crippen LogP contribution in [-0.4, -0.2) is 88.2 Å². The molecule has 2 aromatic carbocycles. The Morgan fingerprint density at radius 3 is 2.39 bits per heavy atom. The molecule has 4 aliphatic heterocycles. The van der Waals surface area contributed by atoms with E-state index in [0.717, 1.165) is 11.1 Å². The van der Waals surface area contributed by atoms with E-state index in [9.17, 15) is 24.3 Å². The predicted octanol–water partition coefficient (Wildman–Crippen LogP) is 2.73. The molecule has 10 nitrogen and oxygen atoms in total. The highest BCUT2D eigenvalue weighted by Gasteiger charge is 2.72. The van der Waals surface area contributed by atoms with E-state index in [1.165, 1.54) is 4.90 Å². The van der Waals surface area contributed by atoms with Gasteiger partial charge in [0.15, 0.2) is 0 Å². The largest absolute Gasteiger partial charge is 0.463 e. The van der Waals surface area contributed by atoms with E-state index in [-0.39, 0.29) is 37.6 Å². The van der Waals surface area contributed by atoms with Crippen molar-refractivity contribution in [2.24, 2.45) is 11.8 Å². The maximum atomic E-state index is 14.8. The molecule has 4 heterocycles. The topological polar surface area (TPSA) is 125 Å². The lowest BCUT2D eigenvalue weighted by Gasteiger charge is -2.39. The van der Waals surface area contributed by atoms with Crippen LogP contribution in [0.2, 0.25) is 0 Å². The first-order valence-electron chi connectivity index (χ1n) is 16.1. The molecule has 0 saturated carbocycles. The van der Waals surface area contributed by atoms with Crippen molar-refractivity contribution in [1.82, 2.24) is 15.1 Å². The Hall–Kier alpha value is -4.28. The molecular weight excluding hydrogens is 586 g/mol. The monoisotopic (exact) mass is 627 g/mol. The Balaban J connectivity index is 1.45. The summed E-state index contributed by atoms with van der Waals surface area (Å²) in [7, 11) is 0. The summed E-state index contributed by atoms with van der Waals surface area (Å²) in [6, 6.07) is 16.1. The van der Waals surface area contributed by atoms with E-state index < -0.39 is 53.5 Å². The van der Waals surface area contributed by atoms with Crippen molar-refractivity contribution in [2.45, 2.75) is 69.0 Å². The fourth-order valence-corrected chi connectivity index (χ4v) is 7.39. The minimum atomic E-state index is -1.45. The third-order valence-electron chi connectivity index (χ3n) is 9.58. The number of amides is 3. The molecule has 0 aromatic heterocycles. The van der Waals surface area contributed by atoms with Crippen molar-refractivity contribution in [2.75, 3.05) is 19.8 Å². The van der Waals surface area contributed by atoms with E-state index in [0.29, 0.717) is 19.4 Å². The molecule has 242 valence electrons. The molecule has 4 aliphatic rings. The summed E-state index contributed by atoms with van der Waals surface area (Å²) in [6.45, 7) is 3.71. The summed E-state index contributed by atoms with van der Waals surface area (Å²) < 4.78 is 12.3. The number of fused-ring (bicyclic) bond motifs is 2. The first-order valence-corrected chi connectivity index (χ1v) is 16.1. The number of carbonyl (C=O) groups is 4. The molecular formula is C36H41N3O7. The van der Waals surface area contributed by atoms with Crippen LogP contribution in [0.5, 0.6) is 0 Å². The highest BCUT2D eigenvalue weighted by molar-refractivity contribution is 6.00. The normalized spacial score (nSPS) is 31.2. The van der Waals surface area contributed by atoms with Gasteiger partial charge in [-0.1, -0.05) is 85.0 Å². The minimum Gasteiger partial charge on any atom is -0.463 e. The molecule has 0 bridgehead atoms. The van der Waals surface area contributed by atoms with E-state index in [1.54, 1.807) is 23.1 Å².